The Morgan fingerprint density at radius 1 is 0.613 bits per heavy atom. The molecular weight excluding hydrogens is 454 g/mol. The van der Waals surface area contributed by atoms with Gasteiger partial charge in [-0.1, -0.05) is 80.1 Å². The van der Waals surface area contributed by atoms with Crippen molar-refractivity contribution in [1.29, 1.82) is 0 Å². The SMILES string of the molecule is Cc1ccc(-c2ccc(CCCCCCCCCc3ccc(Br)c(F)c3)cc2F)cc1. The maximum Gasteiger partial charge on any atom is 0.137 e. The van der Waals surface area contributed by atoms with Gasteiger partial charge in [-0.05, 0) is 83.4 Å². The molecule has 0 nitrogen and oxygen atoms in total. The molecule has 0 aromatic heterocycles. The van der Waals surface area contributed by atoms with E-state index in [4.69, 9.17) is 0 Å². The number of hydrogen-bond donors (Lipinski definition) is 0. The van der Waals surface area contributed by atoms with E-state index in [9.17, 15) is 8.78 Å². The van der Waals surface area contributed by atoms with Crippen molar-refractivity contribution in [2.75, 3.05) is 0 Å². The van der Waals surface area contributed by atoms with Crippen LogP contribution in [-0.2, 0) is 12.8 Å². The van der Waals surface area contributed by atoms with Gasteiger partial charge in [0.25, 0.3) is 0 Å². The Kier molecular flexibility index (Phi) is 9.27. The van der Waals surface area contributed by atoms with Crippen LogP contribution >= 0.6 is 15.9 Å². The third-order valence-corrected chi connectivity index (χ3v) is 6.45. The molecule has 3 aromatic rings. The number of rotatable bonds is 11. The highest BCUT2D eigenvalue weighted by Gasteiger charge is 2.06. The molecule has 0 radical (unpaired) electrons. The zero-order valence-electron chi connectivity index (χ0n) is 18.3. The first-order valence-electron chi connectivity index (χ1n) is 11.3. The predicted molar refractivity (Wildman–Crippen MR) is 130 cm³/mol. The molecule has 0 saturated heterocycles. The van der Waals surface area contributed by atoms with Gasteiger partial charge in [-0.25, -0.2) is 8.78 Å². The maximum absolute atomic E-state index is 14.5. The molecule has 164 valence electrons. The third-order valence-electron chi connectivity index (χ3n) is 5.81. The smallest absolute Gasteiger partial charge is 0.137 e. The lowest BCUT2D eigenvalue weighted by Gasteiger charge is -2.07. The molecule has 0 N–H and O–H groups in total. The molecular formula is C28H31BrF2. The van der Waals surface area contributed by atoms with E-state index in [0.717, 1.165) is 42.4 Å². The Morgan fingerprint density at radius 2 is 1.13 bits per heavy atom. The molecule has 0 aliphatic carbocycles. The Labute approximate surface area is 193 Å². The standard InChI is InChI=1S/C28H31BrF2/c1-21-11-15-24(16-12-21)25-17-13-22(19-27(25)30)9-7-5-3-2-4-6-8-10-23-14-18-26(29)28(31)20-23/h11-20H,2-10H2,1H3. The summed E-state index contributed by atoms with van der Waals surface area (Å²) in [6.07, 6.45) is 10.1. The number of hydrogen-bond acceptors (Lipinski definition) is 0. The lowest BCUT2D eigenvalue weighted by atomic mass is 9.99. The van der Waals surface area contributed by atoms with Crippen molar-refractivity contribution in [2.45, 2.75) is 64.7 Å². The van der Waals surface area contributed by atoms with Crippen LogP contribution in [-0.4, -0.2) is 0 Å². The van der Waals surface area contributed by atoms with Crippen LogP contribution in [0.4, 0.5) is 8.78 Å². The highest BCUT2D eigenvalue weighted by molar-refractivity contribution is 9.10. The molecule has 0 atom stereocenters. The minimum atomic E-state index is -0.179. The fraction of sp³-hybridized carbons (Fsp3) is 0.357. The molecule has 3 rings (SSSR count). The van der Waals surface area contributed by atoms with E-state index in [2.05, 4.69) is 22.0 Å². The number of halogens is 3. The highest BCUT2D eigenvalue weighted by Crippen LogP contribution is 2.25. The van der Waals surface area contributed by atoms with Crippen molar-refractivity contribution in [3.05, 3.63) is 93.5 Å². The molecule has 3 heteroatoms. The third kappa shape index (κ3) is 7.57. The fourth-order valence-electron chi connectivity index (χ4n) is 3.92. The van der Waals surface area contributed by atoms with Crippen LogP contribution < -0.4 is 0 Å². The van der Waals surface area contributed by atoms with E-state index in [0.29, 0.717) is 10.0 Å². The molecule has 0 aliphatic heterocycles. The molecule has 0 amide bonds. The minimum Gasteiger partial charge on any atom is -0.206 e. The van der Waals surface area contributed by atoms with Crippen LogP contribution in [0, 0.1) is 18.6 Å². The van der Waals surface area contributed by atoms with E-state index in [1.807, 2.05) is 43.3 Å². The normalized spacial score (nSPS) is 11.1. The van der Waals surface area contributed by atoms with E-state index in [1.54, 1.807) is 18.2 Å². The summed E-state index contributed by atoms with van der Waals surface area (Å²) in [6.45, 7) is 2.04. The molecule has 0 bridgehead atoms. The number of unbranched alkanes of at least 4 members (excludes halogenated alkanes) is 6. The largest absolute Gasteiger partial charge is 0.206 e. The first kappa shape index (κ1) is 23.7. The van der Waals surface area contributed by atoms with Crippen LogP contribution in [0.5, 0.6) is 0 Å². The molecule has 0 fully saturated rings. The van der Waals surface area contributed by atoms with Gasteiger partial charge in [0, 0.05) is 5.56 Å². The highest BCUT2D eigenvalue weighted by atomic mass is 79.9. The van der Waals surface area contributed by atoms with Crippen LogP contribution in [0.3, 0.4) is 0 Å². The maximum atomic E-state index is 14.5. The molecule has 0 aliphatic rings. The van der Waals surface area contributed by atoms with Crippen LogP contribution in [0.15, 0.2) is 65.1 Å². The van der Waals surface area contributed by atoms with Crippen LogP contribution in [0.2, 0.25) is 0 Å². The first-order valence-corrected chi connectivity index (χ1v) is 12.1. The summed E-state index contributed by atoms with van der Waals surface area (Å²) in [7, 11) is 0. The Balaban J connectivity index is 1.29. The summed E-state index contributed by atoms with van der Waals surface area (Å²) in [5, 5.41) is 0. The Hall–Kier alpha value is -2.00. The zero-order chi connectivity index (χ0) is 22.1. The van der Waals surface area contributed by atoms with E-state index in [1.165, 1.54) is 37.7 Å². The first-order chi connectivity index (χ1) is 15.0. The second-order valence-corrected chi connectivity index (χ2v) is 9.26. The van der Waals surface area contributed by atoms with Crippen LogP contribution in [0.25, 0.3) is 11.1 Å². The van der Waals surface area contributed by atoms with E-state index >= 15 is 0 Å². The van der Waals surface area contributed by atoms with Gasteiger partial charge in [0.2, 0.25) is 0 Å². The molecule has 0 unspecified atom stereocenters. The van der Waals surface area contributed by atoms with Crippen molar-refractivity contribution in [3.8, 4) is 11.1 Å². The summed E-state index contributed by atoms with van der Waals surface area (Å²) in [5.74, 6) is -0.311. The molecule has 0 spiro atoms. The van der Waals surface area contributed by atoms with Gasteiger partial charge in [-0.2, -0.15) is 0 Å². The summed E-state index contributed by atoms with van der Waals surface area (Å²) < 4.78 is 28.6. The Bertz CT molecular complexity index is 963. The topological polar surface area (TPSA) is 0 Å². The average molecular weight is 485 g/mol. The molecule has 0 saturated carbocycles. The van der Waals surface area contributed by atoms with Crippen molar-refractivity contribution < 1.29 is 8.78 Å². The summed E-state index contributed by atoms with van der Waals surface area (Å²) in [6, 6.07) is 19.0. The van der Waals surface area contributed by atoms with Crippen molar-refractivity contribution in [1.82, 2.24) is 0 Å². The van der Waals surface area contributed by atoms with Gasteiger partial charge in [0.15, 0.2) is 0 Å². The lowest BCUT2D eigenvalue weighted by molar-refractivity contribution is 0.576. The summed E-state index contributed by atoms with van der Waals surface area (Å²) in [4.78, 5) is 0. The number of benzene rings is 3. The quantitative estimate of drug-likeness (QED) is 0.238. The molecule has 3 aromatic carbocycles. The van der Waals surface area contributed by atoms with Crippen molar-refractivity contribution in [3.63, 3.8) is 0 Å². The minimum absolute atomic E-state index is 0.132. The molecule has 31 heavy (non-hydrogen) atoms. The van der Waals surface area contributed by atoms with Crippen molar-refractivity contribution in [2.24, 2.45) is 0 Å². The van der Waals surface area contributed by atoms with E-state index < -0.39 is 0 Å². The van der Waals surface area contributed by atoms with Gasteiger partial charge in [0.1, 0.15) is 11.6 Å². The average Bonchev–Trinajstić information content (AvgIpc) is 2.76. The summed E-state index contributed by atoms with van der Waals surface area (Å²) in [5.41, 5.74) is 4.94. The van der Waals surface area contributed by atoms with Gasteiger partial charge >= 0.3 is 0 Å². The van der Waals surface area contributed by atoms with Gasteiger partial charge in [-0.15, -0.1) is 0 Å². The summed E-state index contributed by atoms with van der Waals surface area (Å²) >= 11 is 3.19. The van der Waals surface area contributed by atoms with E-state index in [-0.39, 0.29) is 11.6 Å². The van der Waals surface area contributed by atoms with Crippen LogP contribution in [0.1, 0.15) is 61.6 Å². The van der Waals surface area contributed by atoms with Gasteiger partial charge < -0.3 is 0 Å². The zero-order valence-corrected chi connectivity index (χ0v) is 19.9. The second-order valence-electron chi connectivity index (χ2n) is 8.40. The van der Waals surface area contributed by atoms with Gasteiger partial charge in [0.05, 0.1) is 4.47 Å². The lowest BCUT2D eigenvalue weighted by Crippen LogP contribution is -1.91. The molecule has 0 heterocycles. The second kappa shape index (κ2) is 12.1. The predicted octanol–water partition coefficient (Wildman–Crippen LogP) is 9.22. The Morgan fingerprint density at radius 3 is 1.68 bits per heavy atom. The number of aryl methyl sites for hydroxylation is 3. The monoisotopic (exact) mass is 484 g/mol. The van der Waals surface area contributed by atoms with Gasteiger partial charge in [-0.3, -0.25) is 0 Å². The fourth-order valence-corrected chi connectivity index (χ4v) is 4.17. The van der Waals surface area contributed by atoms with Crippen molar-refractivity contribution >= 4 is 15.9 Å².